The summed E-state index contributed by atoms with van der Waals surface area (Å²) in [4.78, 5) is 14.2. The first-order valence-electron chi connectivity index (χ1n) is 10.2. The van der Waals surface area contributed by atoms with E-state index in [1.807, 2.05) is 23.1 Å². The molecule has 7 heteroatoms. The molecule has 3 nitrogen and oxygen atoms in total. The van der Waals surface area contributed by atoms with Crippen molar-refractivity contribution in [1.82, 2.24) is 0 Å². The van der Waals surface area contributed by atoms with Gasteiger partial charge in [0, 0.05) is 12.2 Å². The number of aryl methyl sites for hydroxylation is 2. The predicted molar refractivity (Wildman–Crippen MR) is 117 cm³/mol. The monoisotopic (exact) mass is 444 g/mol. The van der Waals surface area contributed by atoms with E-state index < -0.39 is 23.7 Å². The molecule has 168 valence electrons. The van der Waals surface area contributed by atoms with Gasteiger partial charge >= 0.3 is 6.18 Å². The van der Waals surface area contributed by atoms with Crippen LogP contribution in [0.5, 0.6) is 0 Å². The van der Waals surface area contributed by atoms with Crippen molar-refractivity contribution >= 4 is 11.6 Å². The second kappa shape index (κ2) is 9.85. The average molecular weight is 444 g/mol. The molecule has 0 spiro atoms. The molecule has 0 fully saturated rings. The van der Waals surface area contributed by atoms with Crippen LogP contribution in [-0.4, -0.2) is 12.5 Å². The summed E-state index contributed by atoms with van der Waals surface area (Å²) in [6.45, 7) is 2.04. The predicted octanol–water partition coefficient (Wildman–Crippen LogP) is 5.82. The van der Waals surface area contributed by atoms with Crippen LogP contribution in [0.4, 0.5) is 23.2 Å². The molecule has 0 aliphatic carbocycles. The zero-order valence-electron chi connectivity index (χ0n) is 17.6. The molecule has 0 radical (unpaired) electrons. The van der Waals surface area contributed by atoms with Crippen LogP contribution in [0.1, 0.15) is 34.7 Å². The topological polar surface area (TPSA) is 46.3 Å². The highest BCUT2D eigenvalue weighted by Crippen LogP contribution is 2.31. The Kier molecular flexibility index (Phi) is 7.18. The first-order valence-corrected chi connectivity index (χ1v) is 10.2. The lowest BCUT2D eigenvalue weighted by Gasteiger charge is -2.32. The van der Waals surface area contributed by atoms with Crippen LogP contribution >= 0.6 is 0 Å². The summed E-state index contributed by atoms with van der Waals surface area (Å²) in [5.74, 6) is -0.901. The molecule has 32 heavy (non-hydrogen) atoms. The highest BCUT2D eigenvalue weighted by atomic mass is 19.4. The van der Waals surface area contributed by atoms with Crippen molar-refractivity contribution in [1.29, 1.82) is 0 Å². The highest BCUT2D eigenvalue weighted by Gasteiger charge is 2.30. The van der Waals surface area contributed by atoms with Crippen molar-refractivity contribution in [2.45, 2.75) is 32.0 Å². The minimum atomic E-state index is -4.37. The van der Waals surface area contributed by atoms with Crippen molar-refractivity contribution in [2.75, 3.05) is 11.4 Å². The fourth-order valence-electron chi connectivity index (χ4n) is 3.66. The Morgan fingerprint density at radius 2 is 1.66 bits per heavy atom. The van der Waals surface area contributed by atoms with E-state index in [2.05, 4.69) is 0 Å². The molecule has 3 rings (SSSR count). The van der Waals surface area contributed by atoms with Crippen molar-refractivity contribution in [3.63, 3.8) is 0 Å². The number of anilines is 1. The van der Waals surface area contributed by atoms with Gasteiger partial charge in [0.25, 0.3) is 0 Å². The van der Waals surface area contributed by atoms with Crippen LogP contribution in [0, 0.1) is 12.7 Å². The molecule has 0 heterocycles. The molecule has 1 amide bonds. The van der Waals surface area contributed by atoms with E-state index in [4.69, 9.17) is 5.73 Å². The van der Waals surface area contributed by atoms with E-state index in [0.29, 0.717) is 36.2 Å². The van der Waals surface area contributed by atoms with Crippen LogP contribution in [0.2, 0.25) is 0 Å². The fourth-order valence-corrected chi connectivity index (χ4v) is 3.66. The second-order valence-electron chi connectivity index (χ2n) is 7.64. The molecule has 0 saturated carbocycles. The summed E-state index contributed by atoms with van der Waals surface area (Å²) in [5.41, 5.74) is 7.60. The van der Waals surface area contributed by atoms with Gasteiger partial charge in [-0.05, 0) is 66.8 Å². The van der Waals surface area contributed by atoms with Gasteiger partial charge in [0.1, 0.15) is 11.9 Å². The van der Waals surface area contributed by atoms with Crippen LogP contribution < -0.4 is 10.6 Å². The number of hydrogen-bond donors (Lipinski definition) is 1. The lowest BCUT2D eigenvalue weighted by molar-refractivity contribution is -0.137. The van der Waals surface area contributed by atoms with Gasteiger partial charge in [0.05, 0.1) is 5.56 Å². The summed E-state index contributed by atoms with van der Waals surface area (Å²) < 4.78 is 52.2. The standard InChI is InChI=1S/C25H24F4N2O/c1-17-16-21(13-14-22(17)26)31(23(24(30)32)19-7-3-2-4-8-19)15-5-6-18-9-11-20(12-10-18)25(27,28)29/h2-4,7-14,16,23H,5-6,15H2,1H3,(H2,30,32). The minimum absolute atomic E-state index is 0.353. The molecule has 3 aromatic carbocycles. The maximum absolute atomic E-state index is 13.8. The molecule has 0 aromatic heterocycles. The van der Waals surface area contributed by atoms with E-state index in [1.165, 1.54) is 18.2 Å². The van der Waals surface area contributed by atoms with Gasteiger partial charge in [-0.25, -0.2) is 4.39 Å². The summed E-state index contributed by atoms with van der Waals surface area (Å²) in [7, 11) is 0. The summed E-state index contributed by atoms with van der Waals surface area (Å²) >= 11 is 0. The van der Waals surface area contributed by atoms with Gasteiger partial charge in [-0.1, -0.05) is 42.5 Å². The second-order valence-corrected chi connectivity index (χ2v) is 7.64. The number of amides is 1. The van der Waals surface area contributed by atoms with Crippen LogP contribution in [0.25, 0.3) is 0 Å². The highest BCUT2D eigenvalue weighted by molar-refractivity contribution is 5.85. The average Bonchev–Trinajstić information content (AvgIpc) is 2.75. The van der Waals surface area contributed by atoms with Crippen molar-refractivity contribution in [2.24, 2.45) is 5.73 Å². The third-order valence-electron chi connectivity index (χ3n) is 5.32. The fraction of sp³-hybridized carbons (Fsp3) is 0.240. The van der Waals surface area contributed by atoms with Gasteiger partial charge in [0.2, 0.25) is 5.91 Å². The molecule has 3 aromatic rings. The lowest BCUT2D eigenvalue weighted by Crippen LogP contribution is -2.39. The molecule has 0 aliphatic heterocycles. The molecule has 1 unspecified atom stereocenters. The number of benzene rings is 3. The summed E-state index contributed by atoms with van der Waals surface area (Å²) in [6.07, 6.45) is -3.31. The van der Waals surface area contributed by atoms with Gasteiger partial charge in [-0.15, -0.1) is 0 Å². The van der Waals surface area contributed by atoms with E-state index in [0.717, 1.165) is 17.7 Å². The third-order valence-corrected chi connectivity index (χ3v) is 5.32. The number of nitrogens with zero attached hydrogens (tertiary/aromatic N) is 1. The third kappa shape index (κ3) is 5.66. The van der Waals surface area contributed by atoms with Crippen molar-refractivity contribution in [3.05, 3.63) is 101 Å². The maximum Gasteiger partial charge on any atom is 0.416 e. The Morgan fingerprint density at radius 3 is 2.22 bits per heavy atom. The number of alkyl halides is 3. The SMILES string of the molecule is Cc1cc(N(CCCc2ccc(C(F)(F)F)cc2)C(C(N)=O)c2ccccc2)ccc1F. The van der Waals surface area contributed by atoms with E-state index in [1.54, 1.807) is 31.2 Å². The summed E-state index contributed by atoms with van der Waals surface area (Å²) in [6, 6.07) is 17.9. The molecule has 0 aliphatic rings. The number of primary amides is 1. The normalized spacial score (nSPS) is 12.4. The quantitative estimate of drug-likeness (QED) is 0.445. The van der Waals surface area contributed by atoms with Crippen molar-refractivity contribution in [3.8, 4) is 0 Å². The number of carbonyl (C=O) groups is 1. The Morgan fingerprint density at radius 1 is 1.00 bits per heavy atom. The van der Waals surface area contributed by atoms with Gasteiger partial charge < -0.3 is 10.6 Å². The van der Waals surface area contributed by atoms with Gasteiger partial charge in [-0.3, -0.25) is 4.79 Å². The maximum atomic E-state index is 13.8. The first kappa shape index (κ1) is 23.3. The number of rotatable bonds is 8. The summed E-state index contributed by atoms with van der Waals surface area (Å²) in [5, 5.41) is 0. The first-order chi connectivity index (χ1) is 15.2. The largest absolute Gasteiger partial charge is 0.416 e. The Bertz CT molecular complexity index is 1050. The van der Waals surface area contributed by atoms with Gasteiger partial charge in [0.15, 0.2) is 0 Å². The molecular formula is C25H24F4N2O. The van der Waals surface area contributed by atoms with E-state index >= 15 is 0 Å². The Labute approximate surface area is 184 Å². The molecule has 1 atom stereocenters. The molecular weight excluding hydrogens is 420 g/mol. The zero-order chi connectivity index (χ0) is 23.3. The molecule has 2 N–H and O–H groups in total. The van der Waals surface area contributed by atoms with Gasteiger partial charge in [-0.2, -0.15) is 13.2 Å². The molecule has 0 saturated heterocycles. The number of carbonyl (C=O) groups excluding carboxylic acids is 1. The smallest absolute Gasteiger partial charge is 0.368 e. The van der Waals surface area contributed by atoms with E-state index in [9.17, 15) is 22.4 Å². The van der Waals surface area contributed by atoms with Crippen LogP contribution in [0.3, 0.4) is 0 Å². The zero-order valence-corrected chi connectivity index (χ0v) is 17.6. The van der Waals surface area contributed by atoms with Crippen molar-refractivity contribution < 1.29 is 22.4 Å². The molecule has 0 bridgehead atoms. The number of nitrogens with two attached hydrogens (primary N) is 1. The van der Waals surface area contributed by atoms with Crippen LogP contribution in [-0.2, 0) is 17.4 Å². The van der Waals surface area contributed by atoms with E-state index in [-0.39, 0.29) is 5.82 Å². The number of hydrogen-bond acceptors (Lipinski definition) is 2. The number of halogens is 4. The minimum Gasteiger partial charge on any atom is -0.368 e. The Balaban J connectivity index is 1.84. The lowest BCUT2D eigenvalue weighted by atomic mass is 10.0. The van der Waals surface area contributed by atoms with Crippen LogP contribution in [0.15, 0.2) is 72.8 Å². The Hall–Kier alpha value is -3.35.